The van der Waals surface area contributed by atoms with Crippen molar-refractivity contribution >= 4 is 17.6 Å². The number of amides is 1. The minimum atomic E-state index is -1.07. The molecule has 0 aliphatic carbocycles. The Balaban J connectivity index is 2.05. The standard InChI is InChI=1S/C18H14F2N2O3/c19-13-7-8-15(16(20)11-13)18(24)25-12-17(23)22(10-4-9-21)14-5-2-1-3-6-14/h1-3,5-8,11H,4,10,12H2. The lowest BCUT2D eigenvalue weighted by molar-refractivity contribution is -0.121. The van der Waals surface area contributed by atoms with Crippen molar-refractivity contribution in [2.24, 2.45) is 0 Å². The van der Waals surface area contributed by atoms with Crippen molar-refractivity contribution in [2.75, 3.05) is 18.1 Å². The third-order valence-corrected chi connectivity index (χ3v) is 3.29. The summed E-state index contributed by atoms with van der Waals surface area (Å²) in [5, 5.41) is 8.72. The molecule has 128 valence electrons. The molecule has 1 amide bonds. The zero-order valence-corrected chi connectivity index (χ0v) is 13.1. The van der Waals surface area contributed by atoms with Gasteiger partial charge in [0, 0.05) is 18.3 Å². The molecule has 25 heavy (non-hydrogen) atoms. The van der Waals surface area contributed by atoms with E-state index in [0.717, 1.165) is 12.1 Å². The number of hydrogen-bond acceptors (Lipinski definition) is 4. The third kappa shape index (κ3) is 4.85. The Morgan fingerprint density at radius 2 is 1.84 bits per heavy atom. The van der Waals surface area contributed by atoms with E-state index in [2.05, 4.69) is 0 Å². The summed E-state index contributed by atoms with van der Waals surface area (Å²) in [6.07, 6.45) is 0.0984. The van der Waals surface area contributed by atoms with Gasteiger partial charge in [-0.2, -0.15) is 5.26 Å². The Morgan fingerprint density at radius 3 is 2.48 bits per heavy atom. The van der Waals surface area contributed by atoms with E-state index in [9.17, 15) is 18.4 Å². The summed E-state index contributed by atoms with van der Waals surface area (Å²) in [7, 11) is 0. The Morgan fingerprint density at radius 1 is 1.12 bits per heavy atom. The lowest BCUT2D eigenvalue weighted by atomic mass is 10.2. The van der Waals surface area contributed by atoms with Crippen LogP contribution in [0.25, 0.3) is 0 Å². The number of rotatable bonds is 6. The van der Waals surface area contributed by atoms with Crippen LogP contribution in [-0.4, -0.2) is 25.0 Å². The highest BCUT2D eigenvalue weighted by Gasteiger charge is 2.19. The molecule has 0 unspecified atom stereocenters. The van der Waals surface area contributed by atoms with Gasteiger partial charge in [0.05, 0.1) is 18.1 Å². The van der Waals surface area contributed by atoms with Crippen molar-refractivity contribution in [3.8, 4) is 6.07 Å². The van der Waals surface area contributed by atoms with Crippen molar-refractivity contribution in [1.29, 1.82) is 5.26 Å². The van der Waals surface area contributed by atoms with E-state index in [1.807, 2.05) is 6.07 Å². The van der Waals surface area contributed by atoms with Crippen LogP contribution < -0.4 is 4.90 Å². The number of carbonyl (C=O) groups is 2. The van der Waals surface area contributed by atoms with Crippen LogP contribution in [0.15, 0.2) is 48.5 Å². The molecule has 2 aromatic rings. The minimum absolute atomic E-state index is 0.0984. The monoisotopic (exact) mass is 344 g/mol. The first kappa shape index (κ1) is 18.1. The van der Waals surface area contributed by atoms with Crippen LogP contribution in [0.3, 0.4) is 0 Å². The number of nitrogens with zero attached hydrogens (tertiary/aromatic N) is 2. The second kappa shape index (κ2) is 8.55. The zero-order valence-electron chi connectivity index (χ0n) is 13.1. The molecule has 2 rings (SSSR count). The molecule has 0 bridgehead atoms. The van der Waals surface area contributed by atoms with E-state index in [1.54, 1.807) is 30.3 Å². The topological polar surface area (TPSA) is 70.4 Å². The number of esters is 1. The third-order valence-electron chi connectivity index (χ3n) is 3.29. The summed E-state index contributed by atoms with van der Waals surface area (Å²) in [5.74, 6) is -3.52. The van der Waals surface area contributed by atoms with Gasteiger partial charge in [-0.3, -0.25) is 4.79 Å². The summed E-state index contributed by atoms with van der Waals surface area (Å²) in [6.45, 7) is -0.502. The maximum atomic E-state index is 13.5. The van der Waals surface area contributed by atoms with Gasteiger partial charge in [0.25, 0.3) is 5.91 Å². The Labute approximate surface area is 143 Å². The van der Waals surface area contributed by atoms with E-state index in [0.29, 0.717) is 11.8 Å². The smallest absolute Gasteiger partial charge is 0.341 e. The SMILES string of the molecule is N#CCCN(C(=O)COC(=O)c1ccc(F)cc1F)c1ccccc1. The Bertz CT molecular complexity index is 804. The zero-order chi connectivity index (χ0) is 18.2. The number of hydrogen-bond donors (Lipinski definition) is 0. The van der Waals surface area contributed by atoms with Gasteiger partial charge < -0.3 is 9.64 Å². The highest BCUT2D eigenvalue weighted by Crippen LogP contribution is 2.15. The number of para-hydroxylation sites is 1. The number of ether oxygens (including phenoxy) is 1. The van der Waals surface area contributed by atoms with E-state index in [1.165, 1.54) is 4.90 Å². The fourth-order valence-corrected chi connectivity index (χ4v) is 2.11. The van der Waals surface area contributed by atoms with Crippen molar-refractivity contribution < 1.29 is 23.1 Å². The lowest BCUT2D eigenvalue weighted by Gasteiger charge is -2.21. The van der Waals surface area contributed by atoms with Crippen LogP contribution in [-0.2, 0) is 9.53 Å². The molecule has 5 nitrogen and oxygen atoms in total. The number of carbonyl (C=O) groups excluding carboxylic acids is 2. The molecule has 0 aromatic heterocycles. The molecule has 0 N–H and O–H groups in total. The molecule has 7 heteroatoms. The van der Waals surface area contributed by atoms with Crippen LogP contribution in [0.1, 0.15) is 16.8 Å². The predicted octanol–water partition coefficient (Wildman–Crippen LogP) is 3.07. The highest BCUT2D eigenvalue weighted by molar-refractivity contribution is 5.97. The number of benzene rings is 2. The van der Waals surface area contributed by atoms with Gasteiger partial charge in [-0.25, -0.2) is 13.6 Å². The number of anilines is 1. The van der Waals surface area contributed by atoms with Crippen molar-refractivity contribution in [3.63, 3.8) is 0 Å². The molecule has 0 spiro atoms. The first-order chi connectivity index (χ1) is 12.0. The molecule has 0 aliphatic rings. The summed E-state index contributed by atoms with van der Waals surface area (Å²) in [6, 6.07) is 12.9. The molecule has 0 saturated carbocycles. The molecule has 0 aliphatic heterocycles. The van der Waals surface area contributed by atoms with Gasteiger partial charge in [0.2, 0.25) is 0 Å². The Kier molecular flexibility index (Phi) is 6.18. The molecular weight excluding hydrogens is 330 g/mol. The van der Waals surface area contributed by atoms with Crippen LogP contribution in [0.4, 0.5) is 14.5 Å². The van der Waals surface area contributed by atoms with Crippen molar-refractivity contribution in [3.05, 3.63) is 65.7 Å². The van der Waals surface area contributed by atoms with Crippen molar-refractivity contribution in [1.82, 2.24) is 0 Å². The molecule has 0 heterocycles. The summed E-state index contributed by atoms with van der Waals surface area (Å²) >= 11 is 0. The lowest BCUT2D eigenvalue weighted by Crippen LogP contribution is -2.35. The maximum absolute atomic E-state index is 13.5. The number of nitriles is 1. The van der Waals surface area contributed by atoms with E-state index in [4.69, 9.17) is 10.00 Å². The quantitative estimate of drug-likeness (QED) is 0.755. The fraction of sp³-hybridized carbons (Fsp3) is 0.167. The van der Waals surface area contributed by atoms with Crippen LogP contribution in [0.2, 0.25) is 0 Å². The maximum Gasteiger partial charge on any atom is 0.341 e. The first-order valence-electron chi connectivity index (χ1n) is 7.37. The summed E-state index contributed by atoms with van der Waals surface area (Å²) in [4.78, 5) is 25.5. The van der Waals surface area contributed by atoms with Gasteiger partial charge in [-0.05, 0) is 24.3 Å². The predicted molar refractivity (Wildman–Crippen MR) is 85.7 cm³/mol. The van der Waals surface area contributed by atoms with Gasteiger partial charge >= 0.3 is 5.97 Å². The average molecular weight is 344 g/mol. The molecule has 0 saturated heterocycles. The molecule has 0 atom stereocenters. The second-order valence-corrected chi connectivity index (χ2v) is 4.99. The van der Waals surface area contributed by atoms with Gasteiger partial charge in [0.15, 0.2) is 6.61 Å². The van der Waals surface area contributed by atoms with Crippen molar-refractivity contribution in [2.45, 2.75) is 6.42 Å². The highest BCUT2D eigenvalue weighted by atomic mass is 19.1. The van der Waals surface area contributed by atoms with Gasteiger partial charge in [0.1, 0.15) is 11.6 Å². The first-order valence-corrected chi connectivity index (χ1v) is 7.37. The number of halogens is 2. The molecule has 2 aromatic carbocycles. The van der Waals surface area contributed by atoms with Crippen LogP contribution in [0, 0.1) is 23.0 Å². The van der Waals surface area contributed by atoms with Gasteiger partial charge in [-0.15, -0.1) is 0 Å². The Hall–Kier alpha value is -3.27. The fourth-order valence-electron chi connectivity index (χ4n) is 2.11. The van der Waals surface area contributed by atoms with E-state index < -0.39 is 35.7 Å². The molecular formula is C18H14F2N2O3. The van der Waals surface area contributed by atoms with E-state index in [-0.39, 0.29) is 13.0 Å². The average Bonchev–Trinajstić information content (AvgIpc) is 2.61. The second-order valence-electron chi connectivity index (χ2n) is 4.99. The summed E-state index contributed by atoms with van der Waals surface area (Å²) < 4.78 is 31.2. The van der Waals surface area contributed by atoms with Crippen LogP contribution >= 0.6 is 0 Å². The van der Waals surface area contributed by atoms with Gasteiger partial charge in [-0.1, -0.05) is 18.2 Å². The molecule has 0 radical (unpaired) electrons. The van der Waals surface area contributed by atoms with Crippen LogP contribution in [0.5, 0.6) is 0 Å². The van der Waals surface area contributed by atoms with E-state index >= 15 is 0 Å². The minimum Gasteiger partial charge on any atom is -0.452 e. The largest absolute Gasteiger partial charge is 0.452 e. The summed E-state index contributed by atoms with van der Waals surface area (Å²) in [5.41, 5.74) is 0.0873. The normalized spacial score (nSPS) is 9.96. The molecule has 0 fully saturated rings.